The molecular formula is C27H34F3N7O3S2. The minimum atomic E-state index is -4.77. The lowest BCUT2D eigenvalue weighted by Gasteiger charge is -2.40. The van der Waals surface area contributed by atoms with Crippen molar-refractivity contribution in [3.8, 4) is 10.6 Å². The van der Waals surface area contributed by atoms with Crippen LogP contribution in [-0.4, -0.2) is 70.6 Å². The molecule has 2 fully saturated rings. The lowest BCUT2D eigenvalue weighted by atomic mass is 9.98. The summed E-state index contributed by atoms with van der Waals surface area (Å²) in [6.45, 7) is 8.58. The largest absolute Gasteiger partial charge is 0.420 e. The minimum Gasteiger partial charge on any atom is -0.350 e. The molecule has 0 bridgehead atoms. The lowest BCUT2D eigenvalue weighted by Crippen LogP contribution is -2.46. The Balaban J connectivity index is 1.33. The number of likely N-dealkylation sites (tertiary alicyclic amines) is 1. The van der Waals surface area contributed by atoms with E-state index in [1.54, 1.807) is 0 Å². The van der Waals surface area contributed by atoms with Crippen LogP contribution in [0.4, 0.5) is 24.8 Å². The van der Waals surface area contributed by atoms with Crippen molar-refractivity contribution in [2.75, 3.05) is 30.7 Å². The summed E-state index contributed by atoms with van der Waals surface area (Å²) in [7, 11) is -3.36. The Morgan fingerprint density at radius 3 is 2.50 bits per heavy atom. The van der Waals surface area contributed by atoms with E-state index in [4.69, 9.17) is 5.10 Å². The average molecular weight is 626 g/mol. The molecule has 10 nitrogen and oxygen atoms in total. The van der Waals surface area contributed by atoms with Gasteiger partial charge in [-0.2, -0.15) is 28.9 Å². The van der Waals surface area contributed by atoms with Crippen molar-refractivity contribution in [3.05, 3.63) is 34.6 Å². The van der Waals surface area contributed by atoms with Gasteiger partial charge in [0.15, 0.2) is 0 Å². The number of aromatic nitrogens is 4. The van der Waals surface area contributed by atoms with Crippen molar-refractivity contribution < 1.29 is 27.1 Å². The van der Waals surface area contributed by atoms with Crippen molar-refractivity contribution in [3.63, 3.8) is 0 Å². The Bertz CT molecular complexity index is 1500. The van der Waals surface area contributed by atoms with Gasteiger partial charge in [-0.1, -0.05) is 0 Å². The maximum Gasteiger partial charge on any atom is 0.420 e. The predicted molar refractivity (Wildman–Crippen MR) is 156 cm³/mol. The van der Waals surface area contributed by atoms with E-state index in [1.165, 1.54) is 6.07 Å². The van der Waals surface area contributed by atoms with Crippen molar-refractivity contribution in [1.29, 1.82) is 0 Å². The summed E-state index contributed by atoms with van der Waals surface area (Å²) in [5.74, 6) is -0.446. The van der Waals surface area contributed by atoms with E-state index in [9.17, 15) is 27.1 Å². The van der Waals surface area contributed by atoms with E-state index in [0.29, 0.717) is 5.69 Å². The van der Waals surface area contributed by atoms with Gasteiger partial charge in [-0.3, -0.25) is 23.5 Å². The van der Waals surface area contributed by atoms with Gasteiger partial charge in [0.2, 0.25) is 5.95 Å². The molecule has 0 radical (unpaired) electrons. The zero-order chi connectivity index (χ0) is 30.0. The number of alkyl halides is 3. The number of nitrogens with zero attached hydrogens (tertiary/aromatic N) is 5. The summed E-state index contributed by atoms with van der Waals surface area (Å²) in [5, 5.41) is 10.6. The number of fused-ring (bicyclic) bond motifs is 1. The number of nitrogens with one attached hydrogen (secondary N) is 2. The molecule has 1 saturated carbocycles. The number of carbonyl (C=O) groups excluding carboxylic acids is 1. The number of carbonyl (C=O) groups is 1. The molecule has 0 atom stereocenters. The fraction of sp³-hybridized carbons (Fsp3) is 0.556. The van der Waals surface area contributed by atoms with Gasteiger partial charge in [-0.05, 0) is 52.5 Å². The first-order valence-corrected chi connectivity index (χ1v) is 16.5. The number of amides is 1. The van der Waals surface area contributed by atoms with Crippen LogP contribution in [0.3, 0.4) is 0 Å². The molecule has 228 valence electrons. The van der Waals surface area contributed by atoms with E-state index in [-0.39, 0.29) is 50.4 Å². The van der Waals surface area contributed by atoms with Crippen LogP contribution in [0.15, 0.2) is 23.4 Å². The standard InChI is InChI=1S/C27H34F3N7O3S2/c1-26(2,3)36-9-6-16(7-10-36)37-14-18(21(35-37)15-4-5-15)33-25-32-13-17(27(28,29)30)22(34-25)19-12-20-23(41-19)24(38)31-8-11-42(20,39)40/h12-16,39-40H,4-11H2,1-3H3,(H,31,38)(H,32,33,34). The molecule has 1 amide bonds. The number of hydrogen-bond acceptors (Lipinski definition) is 9. The Labute approximate surface area is 247 Å². The van der Waals surface area contributed by atoms with Gasteiger partial charge in [0.05, 0.1) is 38.6 Å². The highest BCUT2D eigenvalue weighted by molar-refractivity contribution is 8.24. The zero-order valence-corrected chi connectivity index (χ0v) is 25.2. The van der Waals surface area contributed by atoms with Crippen molar-refractivity contribution in [2.45, 2.75) is 75.0 Å². The van der Waals surface area contributed by atoms with Gasteiger partial charge in [0.1, 0.15) is 10.4 Å². The van der Waals surface area contributed by atoms with Crippen molar-refractivity contribution in [2.24, 2.45) is 0 Å². The minimum absolute atomic E-state index is 0.00137. The van der Waals surface area contributed by atoms with Gasteiger partial charge in [-0.25, -0.2) is 9.97 Å². The van der Waals surface area contributed by atoms with Gasteiger partial charge in [0.25, 0.3) is 5.91 Å². The van der Waals surface area contributed by atoms with Crippen LogP contribution in [0.1, 0.15) is 79.3 Å². The molecule has 2 aliphatic heterocycles. The molecule has 15 heteroatoms. The highest BCUT2D eigenvalue weighted by Gasteiger charge is 2.38. The van der Waals surface area contributed by atoms with E-state index < -0.39 is 33.9 Å². The Morgan fingerprint density at radius 2 is 1.86 bits per heavy atom. The zero-order valence-electron chi connectivity index (χ0n) is 23.5. The number of thiophene rings is 1. The number of anilines is 2. The maximum atomic E-state index is 14.1. The second kappa shape index (κ2) is 10.5. The molecule has 0 aromatic carbocycles. The van der Waals surface area contributed by atoms with Crippen LogP contribution in [0, 0.1) is 0 Å². The molecule has 1 saturated heterocycles. The van der Waals surface area contributed by atoms with Crippen LogP contribution in [-0.2, 0) is 6.18 Å². The van der Waals surface area contributed by atoms with Gasteiger partial charge in [0, 0.05) is 43.5 Å². The lowest BCUT2D eigenvalue weighted by molar-refractivity contribution is -0.137. The van der Waals surface area contributed by atoms with Crippen LogP contribution >= 0.6 is 21.9 Å². The van der Waals surface area contributed by atoms with Gasteiger partial charge >= 0.3 is 6.18 Å². The number of rotatable bonds is 5. The third-order valence-electron chi connectivity index (χ3n) is 8.01. The molecule has 1 aliphatic carbocycles. The molecule has 0 unspecified atom stereocenters. The van der Waals surface area contributed by atoms with E-state index in [0.717, 1.165) is 62.0 Å². The van der Waals surface area contributed by atoms with Crippen LogP contribution in [0.25, 0.3) is 10.6 Å². The Hall–Kier alpha value is -2.72. The maximum absolute atomic E-state index is 14.1. The molecule has 4 N–H and O–H groups in total. The smallest absolute Gasteiger partial charge is 0.350 e. The number of piperidine rings is 1. The van der Waals surface area contributed by atoms with E-state index >= 15 is 0 Å². The molecular weight excluding hydrogens is 591 g/mol. The highest BCUT2D eigenvalue weighted by atomic mass is 32.3. The first-order chi connectivity index (χ1) is 19.7. The first-order valence-electron chi connectivity index (χ1n) is 13.9. The molecule has 3 aliphatic rings. The third kappa shape index (κ3) is 5.76. The average Bonchev–Trinajstić information content (AvgIpc) is 3.52. The molecule has 42 heavy (non-hydrogen) atoms. The SMILES string of the molecule is CC(C)(C)N1CCC(n2cc(Nc3ncc(C(F)(F)F)c(-c4cc5c(s4)C(=O)NCCS5(O)O)n3)c(C3CC3)n2)CC1. The van der Waals surface area contributed by atoms with Crippen LogP contribution in [0.5, 0.6) is 0 Å². The number of halogens is 3. The summed E-state index contributed by atoms with van der Waals surface area (Å²) in [6, 6.07) is 1.45. The third-order valence-corrected chi connectivity index (χ3v) is 11.1. The second-order valence-corrected chi connectivity index (χ2v) is 15.3. The summed E-state index contributed by atoms with van der Waals surface area (Å²) in [4.78, 5) is 23.2. The predicted octanol–water partition coefficient (Wildman–Crippen LogP) is 6.33. The molecule has 3 aromatic heterocycles. The topological polar surface area (TPSA) is 128 Å². The second-order valence-electron chi connectivity index (χ2n) is 12.1. The summed E-state index contributed by atoms with van der Waals surface area (Å²) in [6.07, 6.45) is 1.71. The summed E-state index contributed by atoms with van der Waals surface area (Å²) < 4.78 is 65.4. The van der Waals surface area contributed by atoms with Crippen LogP contribution in [0.2, 0.25) is 0 Å². The monoisotopic (exact) mass is 625 g/mol. The quantitative estimate of drug-likeness (QED) is 0.259. The van der Waals surface area contributed by atoms with Crippen LogP contribution < -0.4 is 10.6 Å². The van der Waals surface area contributed by atoms with Crippen molar-refractivity contribution >= 4 is 39.5 Å². The first kappa shape index (κ1) is 29.4. The summed E-state index contributed by atoms with van der Waals surface area (Å²) >= 11 is 0.750. The fourth-order valence-corrected chi connectivity index (χ4v) is 8.37. The molecule has 3 aromatic rings. The van der Waals surface area contributed by atoms with E-state index in [2.05, 4.69) is 46.3 Å². The molecule has 5 heterocycles. The highest BCUT2D eigenvalue weighted by Crippen LogP contribution is 2.54. The Kier molecular flexibility index (Phi) is 7.32. The van der Waals surface area contributed by atoms with Crippen molar-refractivity contribution in [1.82, 2.24) is 30.0 Å². The van der Waals surface area contributed by atoms with E-state index in [1.807, 2.05) is 10.9 Å². The Morgan fingerprint density at radius 1 is 1.14 bits per heavy atom. The fourth-order valence-electron chi connectivity index (χ4n) is 5.50. The normalized spacial score (nSPS) is 21.0. The summed E-state index contributed by atoms with van der Waals surface area (Å²) in [5.41, 5.74) is 0.102. The van der Waals surface area contributed by atoms with Gasteiger partial charge < -0.3 is 10.6 Å². The molecule has 6 rings (SSSR count). The van der Waals surface area contributed by atoms with Gasteiger partial charge in [-0.15, -0.1) is 11.3 Å². The number of hydrogen-bond donors (Lipinski definition) is 4. The molecule has 0 spiro atoms.